The average Bonchev–Trinajstić information content (AvgIpc) is 2.49. The number of morpholine rings is 1. The van der Waals surface area contributed by atoms with Gasteiger partial charge in [-0.25, -0.2) is 8.78 Å². The van der Waals surface area contributed by atoms with E-state index in [1.807, 2.05) is 0 Å². The smallest absolute Gasteiger partial charge is 0.131 e. The lowest BCUT2D eigenvalue weighted by molar-refractivity contribution is 0.0277. The van der Waals surface area contributed by atoms with Crippen LogP contribution in [0.15, 0.2) is 42.5 Å². The van der Waals surface area contributed by atoms with Gasteiger partial charge in [-0.3, -0.25) is 0 Å². The second kappa shape index (κ2) is 5.69. The molecule has 1 saturated heterocycles. The molecular weight excluding hydrogens is 260 g/mol. The van der Waals surface area contributed by atoms with Gasteiger partial charge in [0.1, 0.15) is 11.6 Å². The summed E-state index contributed by atoms with van der Waals surface area (Å²) in [4.78, 5) is 0. The van der Waals surface area contributed by atoms with Crippen molar-refractivity contribution in [2.75, 3.05) is 19.7 Å². The zero-order valence-electron chi connectivity index (χ0n) is 10.9. The van der Waals surface area contributed by atoms with Gasteiger partial charge in [0.2, 0.25) is 0 Å². The molecular formula is C16H15F2NO. The lowest BCUT2D eigenvalue weighted by Crippen LogP contribution is -2.33. The molecule has 1 aliphatic rings. The lowest BCUT2D eigenvalue weighted by Gasteiger charge is -2.24. The third-order valence-corrected chi connectivity index (χ3v) is 3.45. The van der Waals surface area contributed by atoms with Crippen LogP contribution in [0.4, 0.5) is 8.78 Å². The van der Waals surface area contributed by atoms with Gasteiger partial charge in [-0.2, -0.15) is 0 Å². The van der Waals surface area contributed by atoms with E-state index in [1.165, 1.54) is 12.1 Å². The van der Waals surface area contributed by atoms with Crippen LogP contribution in [0.3, 0.4) is 0 Å². The summed E-state index contributed by atoms with van der Waals surface area (Å²) < 4.78 is 33.4. The molecule has 20 heavy (non-hydrogen) atoms. The van der Waals surface area contributed by atoms with Crippen molar-refractivity contribution in [2.45, 2.75) is 6.10 Å². The molecule has 0 saturated carbocycles. The molecule has 104 valence electrons. The topological polar surface area (TPSA) is 21.3 Å². The SMILES string of the molecule is Fc1ccccc1-c1cc(C2CNCCO2)ccc1F. The Morgan fingerprint density at radius 1 is 1.00 bits per heavy atom. The molecule has 2 aromatic carbocycles. The molecule has 3 rings (SSSR count). The largest absolute Gasteiger partial charge is 0.371 e. The number of hydrogen-bond donors (Lipinski definition) is 1. The molecule has 1 unspecified atom stereocenters. The maximum Gasteiger partial charge on any atom is 0.131 e. The van der Waals surface area contributed by atoms with E-state index in [0.717, 1.165) is 12.1 Å². The summed E-state index contributed by atoms with van der Waals surface area (Å²) in [7, 11) is 0. The summed E-state index contributed by atoms with van der Waals surface area (Å²) in [5.74, 6) is -0.853. The van der Waals surface area contributed by atoms with Gasteiger partial charge in [0, 0.05) is 24.2 Å². The second-order valence-corrected chi connectivity index (χ2v) is 4.78. The molecule has 0 bridgehead atoms. The van der Waals surface area contributed by atoms with Crippen molar-refractivity contribution in [3.05, 3.63) is 59.7 Å². The highest BCUT2D eigenvalue weighted by Crippen LogP contribution is 2.29. The molecule has 1 N–H and O–H groups in total. The monoisotopic (exact) mass is 275 g/mol. The Bertz CT molecular complexity index is 609. The van der Waals surface area contributed by atoms with Crippen LogP contribution in [-0.4, -0.2) is 19.7 Å². The minimum absolute atomic E-state index is 0.116. The average molecular weight is 275 g/mol. The van der Waals surface area contributed by atoms with Crippen LogP contribution in [0, 0.1) is 11.6 Å². The van der Waals surface area contributed by atoms with Crippen LogP contribution in [0.5, 0.6) is 0 Å². The molecule has 1 atom stereocenters. The molecule has 1 aliphatic heterocycles. The van der Waals surface area contributed by atoms with Gasteiger partial charge >= 0.3 is 0 Å². The van der Waals surface area contributed by atoms with Gasteiger partial charge in [-0.05, 0) is 23.8 Å². The zero-order valence-corrected chi connectivity index (χ0v) is 10.9. The Morgan fingerprint density at radius 3 is 2.55 bits per heavy atom. The molecule has 0 radical (unpaired) electrons. The van der Waals surface area contributed by atoms with Crippen molar-refractivity contribution in [1.29, 1.82) is 0 Å². The quantitative estimate of drug-likeness (QED) is 0.908. The Kier molecular flexibility index (Phi) is 3.76. The highest BCUT2D eigenvalue weighted by atomic mass is 19.1. The second-order valence-electron chi connectivity index (χ2n) is 4.78. The third kappa shape index (κ3) is 2.57. The van der Waals surface area contributed by atoms with Crippen LogP contribution in [0.1, 0.15) is 11.7 Å². The maximum atomic E-state index is 14.0. The van der Waals surface area contributed by atoms with E-state index in [9.17, 15) is 8.78 Å². The minimum Gasteiger partial charge on any atom is -0.371 e. The number of nitrogens with one attached hydrogen (secondary N) is 1. The Balaban J connectivity index is 2.00. The highest BCUT2D eigenvalue weighted by Gasteiger charge is 2.18. The van der Waals surface area contributed by atoms with Gasteiger partial charge in [0.15, 0.2) is 0 Å². The van der Waals surface area contributed by atoms with Crippen LogP contribution in [0.2, 0.25) is 0 Å². The van der Waals surface area contributed by atoms with Crippen LogP contribution < -0.4 is 5.32 Å². The van der Waals surface area contributed by atoms with Crippen LogP contribution in [-0.2, 0) is 4.74 Å². The molecule has 1 fully saturated rings. The van der Waals surface area contributed by atoms with Crippen molar-refractivity contribution < 1.29 is 13.5 Å². The summed E-state index contributed by atoms with van der Waals surface area (Å²) in [5.41, 5.74) is 1.40. The first-order valence-corrected chi connectivity index (χ1v) is 6.62. The van der Waals surface area contributed by atoms with Crippen molar-refractivity contribution in [3.63, 3.8) is 0 Å². The molecule has 1 heterocycles. The van der Waals surface area contributed by atoms with E-state index in [-0.39, 0.29) is 17.2 Å². The first-order valence-electron chi connectivity index (χ1n) is 6.62. The van der Waals surface area contributed by atoms with Crippen LogP contribution in [0.25, 0.3) is 11.1 Å². The normalized spacial score (nSPS) is 19.0. The van der Waals surface area contributed by atoms with Crippen LogP contribution >= 0.6 is 0 Å². The van der Waals surface area contributed by atoms with Gasteiger partial charge < -0.3 is 10.1 Å². The van der Waals surface area contributed by atoms with E-state index in [0.29, 0.717) is 13.2 Å². The first kappa shape index (κ1) is 13.2. The molecule has 0 amide bonds. The fourth-order valence-corrected chi connectivity index (χ4v) is 2.41. The highest BCUT2D eigenvalue weighted by molar-refractivity contribution is 5.65. The summed E-state index contributed by atoms with van der Waals surface area (Å²) in [6, 6.07) is 10.9. The Hall–Kier alpha value is -1.78. The van der Waals surface area contributed by atoms with Crippen molar-refractivity contribution >= 4 is 0 Å². The number of benzene rings is 2. The molecule has 0 spiro atoms. The van der Waals surface area contributed by atoms with Gasteiger partial charge in [-0.1, -0.05) is 24.3 Å². The molecule has 0 aromatic heterocycles. The lowest BCUT2D eigenvalue weighted by atomic mass is 9.99. The first-order chi connectivity index (χ1) is 9.75. The van der Waals surface area contributed by atoms with E-state index < -0.39 is 11.6 Å². The summed E-state index contributed by atoms with van der Waals surface area (Å²) >= 11 is 0. The van der Waals surface area contributed by atoms with Gasteiger partial charge in [0.25, 0.3) is 0 Å². The van der Waals surface area contributed by atoms with Gasteiger partial charge in [0.05, 0.1) is 12.7 Å². The zero-order chi connectivity index (χ0) is 13.9. The van der Waals surface area contributed by atoms with E-state index >= 15 is 0 Å². The predicted octanol–water partition coefficient (Wildman–Crippen LogP) is 3.29. The Labute approximate surface area is 116 Å². The third-order valence-electron chi connectivity index (χ3n) is 3.45. The molecule has 2 nitrogen and oxygen atoms in total. The van der Waals surface area contributed by atoms with E-state index in [1.54, 1.807) is 30.3 Å². The number of halogens is 2. The molecule has 2 aromatic rings. The summed E-state index contributed by atoms with van der Waals surface area (Å²) in [6.07, 6.45) is -0.116. The van der Waals surface area contributed by atoms with Crippen molar-refractivity contribution in [2.24, 2.45) is 0 Å². The summed E-state index contributed by atoms with van der Waals surface area (Å²) in [5, 5.41) is 3.23. The maximum absolute atomic E-state index is 14.0. The predicted molar refractivity (Wildman–Crippen MR) is 73.4 cm³/mol. The Morgan fingerprint density at radius 2 is 1.80 bits per heavy atom. The standard InChI is InChI=1S/C16H15F2NO/c17-14-4-2-1-3-12(14)13-9-11(5-6-15(13)18)16-10-19-7-8-20-16/h1-6,9,16,19H,7-8,10H2. The number of rotatable bonds is 2. The summed E-state index contributed by atoms with van der Waals surface area (Å²) in [6.45, 7) is 2.12. The molecule has 0 aliphatic carbocycles. The fraction of sp³-hybridized carbons (Fsp3) is 0.250. The van der Waals surface area contributed by atoms with Crippen molar-refractivity contribution in [1.82, 2.24) is 5.32 Å². The minimum atomic E-state index is -0.428. The number of hydrogen-bond acceptors (Lipinski definition) is 2. The van der Waals surface area contributed by atoms with E-state index in [4.69, 9.17) is 4.74 Å². The van der Waals surface area contributed by atoms with E-state index in [2.05, 4.69) is 5.32 Å². The number of ether oxygens (including phenoxy) is 1. The fourth-order valence-electron chi connectivity index (χ4n) is 2.41. The molecule has 4 heteroatoms. The van der Waals surface area contributed by atoms with Crippen molar-refractivity contribution in [3.8, 4) is 11.1 Å². The van der Waals surface area contributed by atoms with Gasteiger partial charge in [-0.15, -0.1) is 0 Å².